The molecule has 2 unspecified atom stereocenters. The Hall–Kier alpha value is -0.120. The lowest BCUT2D eigenvalue weighted by atomic mass is 9.80. The van der Waals surface area contributed by atoms with Crippen LogP contribution in [-0.4, -0.2) is 41.3 Å². The Kier molecular flexibility index (Phi) is 4.77. The summed E-state index contributed by atoms with van der Waals surface area (Å²) in [6.45, 7) is 9.90. The maximum atomic E-state index is 9.20. The van der Waals surface area contributed by atoms with Crippen LogP contribution in [0.3, 0.4) is 0 Å². The molecule has 0 amide bonds. The van der Waals surface area contributed by atoms with Crippen LogP contribution in [0, 0.1) is 5.41 Å². The first-order valence-corrected chi connectivity index (χ1v) is 6.54. The van der Waals surface area contributed by atoms with Gasteiger partial charge in [0.2, 0.25) is 0 Å². The zero-order chi connectivity index (χ0) is 12.3. The van der Waals surface area contributed by atoms with Gasteiger partial charge in [0.25, 0.3) is 0 Å². The zero-order valence-electron chi connectivity index (χ0n) is 11.2. The van der Waals surface area contributed by atoms with Gasteiger partial charge in [0.1, 0.15) is 0 Å². The Morgan fingerprint density at radius 2 is 1.94 bits per heavy atom. The highest BCUT2D eigenvalue weighted by atomic mass is 16.3. The van der Waals surface area contributed by atoms with Crippen LogP contribution in [0.5, 0.6) is 0 Å². The van der Waals surface area contributed by atoms with Crippen molar-refractivity contribution in [2.75, 3.05) is 13.2 Å². The van der Waals surface area contributed by atoms with Crippen LogP contribution >= 0.6 is 0 Å². The second-order valence-corrected chi connectivity index (χ2v) is 6.08. The van der Waals surface area contributed by atoms with Gasteiger partial charge in [-0.2, -0.15) is 0 Å². The molecule has 0 heterocycles. The molecular weight excluding hydrogens is 200 g/mol. The van der Waals surface area contributed by atoms with Crippen molar-refractivity contribution in [3.63, 3.8) is 0 Å². The Morgan fingerprint density at radius 1 is 1.38 bits per heavy atom. The lowest BCUT2D eigenvalue weighted by Crippen LogP contribution is -2.56. The first-order valence-electron chi connectivity index (χ1n) is 6.54. The number of rotatable bonds is 6. The van der Waals surface area contributed by atoms with E-state index in [-0.39, 0.29) is 18.1 Å². The number of aliphatic hydroxyl groups is 1. The summed E-state index contributed by atoms with van der Waals surface area (Å²) in [7, 11) is 0. The Bertz CT molecular complexity index is 208. The number of nitrogens with two attached hydrogens (primary N) is 1. The topological polar surface area (TPSA) is 49.5 Å². The van der Waals surface area contributed by atoms with E-state index in [1.807, 2.05) is 0 Å². The standard InChI is InChI=1S/C13H28N2O/c1-5-11(14)12(13(2,3)4)15(8-9-16)10-6-7-10/h10-12,16H,5-9,14H2,1-4H3. The van der Waals surface area contributed by atoms with E-state index in [1.54, 1.807) is 0 Å². The molecule has 1 aliphatic rings. The molecule has 3 N–H and O–H groups in total. The van der Waals surface area contributed by atoms with Crippen molar-refractivity contribution in [3.8, 4) is 0 Å². The first-order chi connectivity index (χ1) is 7.41. The summed E-state index contributed by atoms with van der Waals surface area (Å²) >= 11 is 0. The van der Waals surface area contributed by atoms with Crippen molar-refractivity contribution in [3.05, 3.63) is 0 Å². The minimum absolute atomic E-state index is 0.174. The van der Waals surface area contributed by atoms with E-state index < -0.39 is 0 Å². The third kappa shape index (κ3) is 3.44. The first kappa shape index (κ1) is 13.9. The van der Waals surface area contributed by atoms with Gasteiger partial charge in [0.15, 0.2) is 0 Å². The van der Waals surface area contributed by atoms with Gasteiger partial charge < -0.3 is 10.8 Å². The zero-order valence-corrected chi connectivity index (χ0v) is 11.2. The minimum atomic E-state index is 0.174. The van der Waals surface area contributed by atoms with Gasteiger partial charge in [0.05, 0.1) is 6.61 Å². The van der Waals surface area contributed by atoms with Crippen molar-refractivity contribution < 1.29 is 5.11 Å². The Morgan fingerprint density at radius 3 is 2.25 bits per heavy atom. The Balaban J connectivity index is 2.79. The molecule has 0 spiro atoms. The quantitative estimate of drug-likeness (QED) is 0.726. The summed E-state index contributed by atoms with van der Waals surface area (Å²) in [6, 6.07) is 1.23. The van der Waals surface area contributed by atoms with Crippen LogP contribution in [0.4, 0.5) is 0 Å². The van der Waals surface area contributed by atoms with Crippen LogP contribution in [0.1, 0.15) is 47.0 Å². The fourth-order valence-corrected chi connectivity index (χ4v) is 2.68. The number of aliphatic hydroxyl groups excluding tert-OH is 1. The normalized spacial score (nSPS) is 21.2. The summed E-state index contributed by atoms with van der Waals surface area (Å²) in [4.78, 5) is 2.44. The molecule has 2 atom stereocenters. The summed E-state index contributed by atoms with van der Waals surface area (Å²) in [6.07, 6.45) is 3.53. The van der Waals surface area contributed by atoms with Gasteiger partial charge >= 0.3 is 0 Å². The van der Waals surface area contributed by atoms with Gasteiger partial charge in [-0.15, -0.1) is 0 Å². The summed E-state index contributed by atoms with van der Waals surface area (Å²) in [5.41, 5.74) is 6.45. The second kappa shape index (κ2) is 5.48. The van der Waals surface area contributed by atoms with Gasteiger partial charge in [-0.3, -0.25) is 4.90 Å². The molecule has 3 heteroatoms. The molecule has 0 radical (unpaired) electrons. The van der Waals surface area contributed by atoms with Crippen LogP contribution in [0.2, 0.25) is 0 Å². The predicted octanol–water partition coefficient (Wildman–Crippen LogP) is 1.60. The smallest absolute Gasteiger partial charge is 0.0558 e. The summed E-state index contributed by atoms with van der Waals surface area (Å²) < 4.78 is 0. The molecule has 3 nitrogen and oxygen atoms in total. The number of hydrogen-bond donors (Lipinski definition) is 2. The van der Waals surface area contributed by atoms with E-state index in [2.05, 4.69) is 32.6 Å². The van der Waals surface area contributed by atoms with Gasteiger partial charge in [-0.25, -0.2) is 0 Å². The highest BCUT2D eigenvalue weighted by molar-refractivity contribution is 4.97. The fraction of sp³-hybridized carbons (Fsp3) is 1.00. The van der Waals surface area contributed by atoms with Crippen molar-refractivity contribution in [1.29, 1.82) is 0 Å². The van der Waals surface area contributed by atoms with Crippen LogP contribution < -0.4 is 5.73 Å². The van der Waals surface area contributed by atoms with Crippen molar-refractivity contribution in [2.45, 2.75) is 65.1 Å². The summed E-state index contributed by atoms with van der Waals surface area (Å²) in [5, 5.41) is 9.20. The number of nitrogens with zero attached hydrogens (tertiary/aromatic N) is 1. The van der Waals surface area contributed by atoms with Gasteiger partial charge in [0, 0.05) is 24.7 Å². The van der Waals surface area contributed by atoms with Crippen LogP contribution in [-0.2, 0) is 0 Å². The van der Waals surface area contributed by atoms with Crippen molar-refractivity contribution in [1.82, 2.24) is 4.90 Å². The molecule has 1 saturated carbocycles. The van der Waals surface area contributed by atoms with Gasteiger partial charge in [-0.05, 0) is 24.7 Å². The van der Waals surface area contributed by atoms with Crippen LogP contribution in [0.25, 0.3) is 0 Å². The maximum absolute atomic E-state index is 9.20. The maximum Gasteiger partial charge on any atom is 0.0558 e. The van der Waals surface area contributed by atoms with Crippen molar-refractivity contribution in [2.24, 2.45) is 11.1 Å². The predicted molar refractivity (Wildman–Crippen MR) is 68.3 cm³/mol. The third-order valence-corrected chi connectivity index (χ3v) is 3.50. The molecule has 0 aromatic rings. The van der Waals surface area contributed by atoms with Crippen molar-refractivity contribution >= 4 is 0 Å². The van der Waals surface area contributed by atoms with E-state index >= 15 is 0 Å². The lowest BCUT2D eigenvalue weighted by Gasteiger charge is -2.43. The largest absolute Gasteiger partial charge is 0.395 e. The summed E-state index contributed by atoms with van der Waals surface area (Å²) in [5.74, 6) is 0. The van der Waals surface area contributed by atoms with E-state index in [9.17, 15) is 5.11 Å². The molecule has 0 bridgehead atoms. The van der Waals surface area contributed by atoms with E-state index in [0.29, 0.717) is 12.1 Å². The molecule has 1 aliphatic carbocycles. The van der Waals surface area contributed by atoms with Crippen LogP contribution in [0.15, 0.2) is 0 Å². The van der Waals surface area contributed by atoms with E-state index in [0.717, 1.165) is 13.0 Å². The Labute approximate surface area is 100 Å². The average molecular weight is 228 g/mol. The fourth-order valence-electron chi connectivity index (χ4n) is 2.68. The minimum Gasteiger partial charge on any atom is -0.395 e. The molecular formula is C13H28N2O. The van der Waals surface area contributed by atoms with E-state index in [1.165, 1.54) is 12.8 Å². The molecule has 0 saturated heterocycles. The van der Waals surface area contributed by atoms with E-state index in [4.69, 9.17) is 5.73 Å². The molecule has 96 valence electrons. The third-order valence-electron chi connectivity index (χ3n) is 3.50. The monoisotopic (exact) mass is 228 g/mol. The molecule has 16 heavy (non-hydrogen) atoms. The molecule has 0 aromatic carbocycles. The molecule has 1 fully saturated rings. The van der Waals surface area contributed by atoms with Gasteiger partial charge in [-0.1, -0.05) is 27.7 Å². The highest BCUT2D eigenvalue weighted by Gasteiger charge is 2.41. The lowest BCUT2D eigenvalue weighted by molar-refractivity contribution is 0.0536. The highest BCUT2D eigenvalue weighted by Crippen LogP contribution is 2.36. The molecule has 0 aromatic heterocycles. The average Bonchev–Trinajstić information content (AvgIpc) is 2.97. The number of hydrogen-bond acceptors (Lipinski definition) is 3. The SMILES string of the molecule is CCC(N)C(N(CCO)C1CC1)C(C)(C)C. The second-order valence-electron chi connectivity index (χ2n) is 6.08. The molecule has 1 rings (SSSR count). The molecule has 0 aliphatic heterocycles.